The molecule has 1 aromatic heterocycles. The van der Waals surface area contributed by atoms with Crippen LogP contribution < -0.4 is 9.47 Å². The second-order valence-electron chi connectivity index (χ2n) is 3.25. The van der Waals surface area contributed by atoms with Gasteiger partial charge in [-0.1, -0.05) is 0 Å². The Morgan fingerprint density at radius 3 is 2.73 bits per heavy atom. The topological polar surface area (TPSA) is 51.3 Å². The molecule has 0 bridgehead atoms. The van der Waals surface area contributed by atoms with Crippen LogP contribution in [0.3, 0.4) is 0 Å². The van der Waals surface area contributed by atoms with Crippen LogP contribution in [0.15, 0.2) is 18.2 Å². The number of ether oxygens (including phenoxy) is 2. The summed E-state index contributed by atoms with van der Waals surface area (Å²) in [7, 11) is 0. The van der Waals surface area contributed by atoms with Gasteiger partial charge in [-0.15, -0.1) is 0 Å². The molecule has 0 aliphatic carbocycles. The lowest BCUT2D eigenvalue weighted by atomic mass is 10.2. The molecule has 76 valence electrons. The zero-order valence-corrected chi connectivity index (χ0v) is 8.30. The van der Waals surface area contributed by atoms with E-state index in [2.05, 4.69) is 4.98 Å². The molecule has 1 N–H and O–H groups in total. The smallest absolute Gasteiger partial charge is 0.268 e. The molecule has 0 spiro atoms. The van der Waals surface area contributed by atoms with Gasteiger partial charge in [0.2, 0.25) is 6.79 Å². The van der Waals surface area contributed by atoms with Gasteiger partial charge in [-0.3, -0.25) is 4.79 Å². The lowest BCUT2D eigenvalue weighted by molar-refractivity contribution is 0.107. The number of aromatic nitrogens is 1. The maximum absolute atomic E-state index is 10.9. The molecular formula is C10H6ClNO3. The van der Waals surface area contributed by atoms with Gasteiger partial charge < -0.3 is 14.5 Å². The van der Waals surface area contributed by atoms with Gasteiger partial charge in [-0.2, -0.15) is 0 Å². The molecule has 2 heterocycles. The SMILES string of the molecule is O=C(Cl)c1cc2cc3c(cc2[nH]1)OCO3. The third-order valence-electron chi connectivity index (χ3n) is 2.33. The molecule has 0 radical (unpaired) electrons. The van der Waals surface area contributed by atoms with Crippen molar-refractivity contribution in [2.45, 2.75) is 0 Å². The zero-order chi connectivity index (χ0) is 10.4. The number of fused-ring (bicyclic) bond motifs is 2. The molecule has 0 atom stereocenters. The predicted octanol–water partition coefficient (Wildman–Crippen LogP) is 2.28. The lowest BCUT2D eigenvalue weighted by Crippen LogP contribution is -1.93. The van der Waals surface area contributed by atoms with Crippen LogP contribution in [0.4, 0.5) is 0 Å². The number of hydrogen-bond acceptors (Lipinski definition) is 3. The molecule has 3 rings (SSSR count). The fraction of sp³-hybridized carbons (Fsp3) is 0.100. The summed E-state index contributed by atoms with van der Waals surface area (Å²) in [4.78, 5) is 13.8. The summed E-state index contributed by atoms with van der Waals surface area (Å²) in [6.07, 6.45) is 0. The van der Waals surface area contributed by atoms with Gasteiger partial charge >= 0.3 is 0 Å². The number of hydrogen-bond donors (Lipinski definition) is 1. The maximum atomic E-state index is 10.9. The highest BCUT2D eigenvalue weighted by molar-refractivity contribution is 6.67. The third kappa shape index (κ3) is 1.26. The third-order valence-corrected chi connectivity index (χ3v) is 2.53. The van der Waals surface area contributed by atoms with E-state index >= 15 is 0 Å². The fourth-order valence-electron chi connectivity index (χ4n) is 1.63. The van der Waals surface area contributed by atoms with Gasteiger partial charge in [0, 0.05) is 17.0 Å². The molecule has 0 unspecified atom stereocenters. The first kappa shape index (κ1) is 8.61. The van der Waals surface area contributed by atoms with Crippen molar-refractivity contribution < 1.29 is 14.3 Å². The Balaban J connectivity index is 2.24. The van der Waals surface area contributed by atoms with Crippen molar-refractivity contribution >= 4 is 27.7 Å². The Morgan fingerprint density at radius 1 is 1.27 bits per heavy atom. The first-order chi connectivity index (χ1) is 7.24. The van der Waals surface area contributed by atoms with E-state index in [1.807, 2.05) is 6.07 Å². The highest BCUT2D eigenvalue weighted by Crippen LogP contribution is 2.36. The van der Waals surface area contributed by atoms with Gasteiger partial charge in [0.25, 0.3) is 5.24 Å². The number of carbonyl (C=O) groups excluding carboxylic acids is 1. The molecule has 15 heavy (non-hydrogen) atoms. The Morgan fingerprint density at radius 2 is 2.00 bits per heavy atom. The quantitative estimate of drug-likeness (QED) is 0.755. The number of rotatable bonds is 1. The van der Waals surface area contributed by atoms with E-state index in [9.17, 15) is 4.79 Å². The number of benzene rings is 1. The minimum Gasteiger partial charge on any atom is -0.454 e. The summed E-state index contributed by atoms with van der Waals surface area (Å²) in [5, 5.41) is 0.372. The van der Waals surface area contributed by atoms with Crippen LogP contribution in [-0.4, -0.2) is 17.0 Å². The van der Waals surface area contributed by atoms with E-state index in [1.54, 1.807) is 12.1 Å². The number of H-pyrrole nitrogens is 1. The summed E-state index contributed by atoms with van der Waals surface area (Å²) < 4.78 is 10.4. The summed E-state index contributed by atoms with van der Waals surface area (Å²) in [5.41, 5.74) is 1.18. The molecule has 0 amide bonds. The number of aromatic amines is 1. The van der Waals surface area contributed by atoms with Crippen LogP contribution in [0.2, 0.25) is 0 Å². The predicted molar refractivity (Wildman–Crippen MR) is 54.6 cm³/mol. The standard InChI is InChI=1S/C10H6ClNO3/c11-10(13)7-1-5-2-8-9(15-4-14-8)3-6(5)12-7/h1-3,12H,4H2. The molecule has 1 aliphatic heterocycles. The molecule has 0 saturated carbocycles. The molecule has 2 aromatic rings. The van der Waals surface area contributed by atoms with E-state index in [0.717, 1.165) is 10.9 Å². The summed E-state index contributed by atoms with van der Waals surface area (Å²) in [6, 6.07) is 5.30. The van der Waals surface area contributed by atoms with E-state index in [-0.39, 0.29) is 6.79 Å². The van der Waals surface area contributed by atoms with Crippen molar-refractivity contribution in [3.63, 3.8) is 0 Å². The van der Waals surface area contributed by atoms with E-state index in [0.29, 0.717) is 17.2 Å². The normalized spacial score (nSPS) is 13.4. The van der Waals surface area contributed by atoms with Gasteiger partial charge in [-0.25, -0.2) is 0 Å². The van der Waals surface area contributed by atoms with Crippen molar-refractivity contribution in [3.8, 4) is 11.5 Å². The highest BCUT2D eigenvalue weighted by Gasteiger charge is 2.16. The minimum absolute atomic E-state index is 0.239. The zero-order valence-electron chi connectivity index (χ0n) is 7.54. The first-order valence-electron chi connectivity index (χ1n) is 4.36. The summed E-state index contributed by atoms with van der Waals surface area (Å²) in [5.74, 6) is 1.37. The van der Waals surface area contributed by atoms with Gasteiger partial charge in [0.1, 0.15) is 0 Å². The van der Waals surface area contributed by atoms with Crippen molar-refractivity contribution in [3.05, 3.63) is 23.9 Å². The second kappa shape index (κ2) is 2.90. The van der Waals surface area contributed by atoms with Crippen molar-refractivity contribution in [2.24, 2.45) is 0 Å². The van der Waals surface area contributed by atoms with Crippen LogP contribution in [0, 0.1) is 0 Å². The van der Waals surface area contributed by atoms with Gasteiger partial charge in [0.05, 0.1) is 5.69 Å². The van der Waals surface area contributed by atoms with Crippen LogP contribution >= 0.6 is 11.6 Å². The molecule has 1 aromatic carbocycles. The summed E-state index contributed by atoms with van der Waals surface area (Å²) >= 11 is 5.37. The average molecular weight is 224 g/mol. The van der Waals surface area contributed by atoms with E-state index in [4.69, 9.17) is 21.1 Å². The highest BCUT2D eigenvalue weighted by atomic mass is 35.5. The largest absolute Gasteiger partial charge is 0.454 e. The van der Waals surface area contributed by atoms with Crippen molar-refractivity contribution in [1.82, 2.24) is 4.98 Å². The molecule has 5 heteroatoms. The van der Waals surface area contributed by atoms with E-state index < -0.39 is 5.24 Å². The maximum Gasteiger partial charge on any atom is 0.268 e. The van der Waals surface area contributed by atoms with Crippen LogP contribution in [0.5, 0.6) is 11.5 Å². The number of nitrogens with one attached hydrogen (secondary N) is 1. The Bertz CT molecular complexity index is 520. The number of halogens is 1. The molecule has 1 aliphatic rings. The Kier molecular flexibility index (Phi) is 1.67. The second-order valence-corrected chi connectivity index (χ2v) is 3.59. The Hall–Kier alpha value is -1.68. The molecule has 4 nitrogen and oxygen atoms in total. The fourth-order valence-corrected chi connectivity index (χ4v) is 1.73. The van der Waals surface area contributed by atoms with Crippen LogP contribution in [0.25, 0.3) is 10.9 Å². The molecular weight excluding hydrogens is 218 g/mol. The van der Waals surface area contributed by atoms with Gasteiger partial charge in [0.15, 0.2) is 11.5 Å². The first-order valence-corrected chi connectivity index (χ1v) is 4.74. The number of carbonyl (C=O) groups is 1. The average Bonchev–Trinajstić information content (AvgIpc) is 2.77. The lowest BCUT2D eigenvalue weighted by Gasteiger charge is -1.94. The summed E-state index contributed by atoms with van der Waals surface area (Å²) in [6.45, 7) is 0.239. The van der Waals surface area contributed by atoms with Crippen LogP contribution in [-0.2, 0) is 0 Å². The monoisotopic (exact) mass is 223 g/mol. The molecule has 0 saturated heterocycles. The Labute approximate surface area is 89.7 Å². The van der Waals surface area contributed by atoms with Crippen LogP contribution in [0.1, 0.15) is 10.5 Å². The van der Waals surface area contributed by atoms with Gasteiger partial charge in [-0.05, 0) is 23.7 Å². The minimum atomic E-state index is -0.506. The van der Waals surface area contributed by atoms with E-state index in [1.165, 1.54) is 0 Å². The van der Waals surface area contributed by atoms with Crippen molar-refractivity contribution in [2.75, 3.05) is 6.79 Å². The molecule has 0 fully saturated rings. The van der Waals surface area contributed by atoms with Crippen molar-refractivity contribution in [1.29, 1.82) is 0 Å².